The van der Waals surface area contributed by atoms with E-state index in [1.165, 1.54) is 6.20 Å². The maximum atomic E-state index is 12.1. The molecular weight excluding hydrogens is 420 g/mol. The molecule has 0 spiro atoms. The Morgan fingerprint density at radius 1 is 1.40 bits per heavy atom. The highest BCUT2D eigenvalue weighted by atomic mass is 79.9. The number of sulfonamides is 1. The van der Waals surface area contributed by atoms with E-state index < -0.39 is 16.0 Å². The van der Waals surface area contributed by atoms with Crippen molar-refractivity contribution in [1.29, 1.82) is 0 Å². The van der Waals surface area contributed by atoms with E-state index in [0.29, 0.717) is 4.60 Å². The summed E-state index contributed by atoms with van der Waals surface area (Å²) in [5, 5.41) is 8.75. The van der Waals surface area contributed by atoms with Crippen molar-refractivity contribution in [2.45, 2.75) is 4.90 Å². The Labute approximate surface area is 130 Å². The zero-order valence-corrected chi connectivity index (χ0v) is 13.5. The molecule has 3 N–H and O–H groups in total. The molecule has 0 amide bonds. The molecule has 0 aliphatic rings. The van der Waals surface area contributed by atoms with Crippen LogP contribution in [-0.4, -0.2) is 34.4 Å². The molecule has 0 aliphatic heterocycles. The van der Waals surface area contributed by atoms with Gasteiger partial charge in [-0.3, -0.25) is 4.72 Å². The SMILES string of the molecule is O=C(O)c1cc(S(=O)(=O)Nc2ncc(Br)nc2Br)c[nH]1. The molecule has 0 fully saturated rings. The molecule has 0 aromatic carbocycles. The predicted octanol–water partition coefficient (Wildman–Crippen LogP) is 1.83. The van der Waals surface area contributed by atoms with Crippen molar-refractivity contribution in [1.82, 2.24) is 15.0 Å². The minimum Gasteiger partial charge on any atom is -0.477 e. The Kier molecular flexibility index (Phi) is 4.11. The Morgan fingerprint density at radius 2 is 2.10 bits per heavy atom. The van der Waals surface area contributed by atoms with Gasteiger partial charge in [0, 0.05) is 6.20 Å². The van der Waals surface area contributed by atoms with E-state index in [2.05, 4.69) is 51.5 Å². The summed E-state index contributed by atoms with van der Waals surface area (Å²) in [5.41, 5.74) is -0.230. The van der Waals surface area contributed by atoms with Crippen molar-refractivity contribution in [2.24, 2.45) is 0 Å². The molecular formula is C9H6Br2N4O4S. The number of carboxylic acids is 1. The van der Waals surface area contributed by atoms with E-state index >= 15 is 0 Å². The summed E-state index contributed by atoms with van der Waals surface area (Å²) in [5.74, 6) is -1.26. The third-order valence-electron chi connectivity index (χ3n) is 2.13. The molecule has 2 rings (SSSR count). The first-order chi connectivity index (χ1) is 9.29. The largest absolute Gasteiger partial charge is 0.477 e. The van der Waals surface area contributed by atoms with Gasteiger partial charge in [-0.1, -0.05) is 0 Å². The quantitative estimate of drug-likeness (QED) is 0.686. The van der Waals surface area contributed by atoms with Gasteiger partial charge in [-0.05, 0) is 37.9 Å². The van der Waals surface area contributed by atoms with Crippen LogP contribution < -0.4 is 4.72 Å². The maximum absolute atomic E-state index is 12.1. The molecule has 8 nitrogen and oxygen atoms in total. The average Bonchev–Trinajstić information content (AvgIpc) is 2.83. The first kappa shape index (κ1) is 14.9. The Balaban J connectivity index is 2.33. The fraction of sp³-hybridized carbons (Fsp3) is 0. The van der Waals surface area contributed by atoms with Crippen LogP contribution in [0.3, 0.4) is 0 Å². The average molecular weight is 426 g/mol. The van der Waals surface area contributed by atoms with Gasteiger partial charge < -0.3 is 10.1 Å². The number of hydrogen-bond acceptors (Lipinski definition) is 5. The number of carboxylic acid groups (broad SMARTS) is 1. The molecule has 2 heterocycles. The lowest BCUT2D eigenvalue weighted by Crippen LogP contribution is -2.14. The number of aromatic carboxylic acids is 1. The van der Waals surface area contributed by atoms with E-state index in [0.717, 1.165) is 12.3 Å². The molecule has 0 saturated heterocycles. The van der Waals surface area contributed by atoms with Gasteiger partial charge in [-0.2, -0.15) is 0 Å². The maximum Gasteiger partial charge on any atom is 0.352 e. The van der Waals surface area contributed by atoms with E-state index in [1.807, 2.05) is 0 Å². The first-order valence-electron chi connectivity index (χ1n) is 4.92. The van der Waals surface area contributed by atoms with Gasteiger partial charge in [0.2, 0.25) is 0 Å². The summed E-state index contributed by atoms with van der Waals surface area (Å²) >= 11 is 6.16. The van der Waals surface area contributed by atoms with Crippen LogP contribution in [-0.2, 0) is 10.0 Å². The lowest BCUT2D eigenvalue weighted by molar-refractivity contribution is 0.0691. The Morgan fingerprint density at radius 3 is 2.65 bits per heavy atom. The summed E-state index contributed by atoms with van der Waals surface area (Å²) in [6.45, 7) is 0. The van der Waals surface area contributed by atoms with Crippen molar-refractivity contribution in [3.05, 3.63) is 33.4 Å². The molecule has 0 radical (unpaired) electrons. The zero-order valence-electron chi connectivity index (χ0n) is 9.46. The van der Waals surface area contributed by atoms with E-state index in [-0.39, 0.29) is 21.0 Å². The summed E-state index contributed by atoms with van der Waals surface area (Å²) < 4.78 is 26.9. The molecule has 20 heavy (non-hydrogen) atoms. The smallest absolute Gasteiger partial charge is 0.352 e. The Hall–Kier alpha value is -1.46. The van der Waals surface area contributed by atoms with Crippen molar-refractivity contribution in [2.75, 3.05) is 4.72 Å². The lowest BCUT2D eigenvalue weighted by Gasteiger charge is -2.06. The minimum atomic E-state index is -3.95. The number of anilines is 1. The van der Waals surface area contributed by atoms with E-state index in [4.69, 9.17) is 5.11 Å². The molecule has 0 atom stereocenters. The van der Waals surface area contributed by atoms with Crippen molar-refractivity contribution in [3.63, 3.8) is 0 Å². The van der Waals surface area contributed by atoms with E-state index in [9.17, 15) is 13.2 Å². The van der Waals surface area contributed by atoms with Crippen LogP contribution in [0.15, 0.2) is 32.6 Å². The van der Waals surface area contributed by atoms with Crippen molar-refractivity contribution in [3.8, 4) is 0 Å². The van der Waals surface area contributed by atoms with Crippen LogP contribution in [0.1, 0.15) is 10.5 Å². The molecule has 0 unspecified atom stereocenters. The number of halogens is 2. The van der Waals surface area contributed by atoms with Crippen LogP contribution in [0, 0.1) is 0 Å². The third-order valence-corrected chi connectivity index (χ3v) is 4.38. The number of aromatic amines is 1. The number of carbonyl (C=O) groups is 1. The fourth-order valence-electron chi connectivity index (χ4n) is 1.25. The zero-order chi connectivity index (χ0) is 14.9. The monoisotopic (exact) mass is 424 g/mol. The Bertz CT molecular complexity index is 774. The van der Waals surface area contributed by atoms with Gasteiger partial charge in [0.1, 0.15) is 15.2 Å². The molecule has 0 bridgehead atoms. The van der Waals surface area contributed by atoms with Crippen molar-refractivity contribution < 1.29 is 18.3 Å². The second kappa shape index (κ2) is 5.50. The molecule has 0 aliphatic carbocycles. The van der Waals surface area contributed by atoms with Gasteiger partial charge in [-0.25, -0.2) is 23.2 Å². The van der Waals surface area contributed by atoms with Gasteiger partial charge in [0.15, 0.2) is 10.4 Å². The number of hydrogen-bond donors (Lipinski definition) is 3. The first-order valence-corrected chi connectivity index (χ1v) is 7.99. The third kappa shape index (κ3) is 3.16. The number of nitrogens with one attached hydrogen (secondary N) is 2. The summed E-state index contributed by atoms with van der Waals surface area (Å²) in [6.07, 6.45) is 2.40. The molecule has 0 saturated carbocycles. The molecule has 11 heteroatoms. The van der Waals surface area contributed by atoms with Crippen LogP contribution in [0.5, 0.6) is 0 Å². The van der Waals surface area contributed by atoms with Crippen LogP contribution in [0.25, 0.3) is 0 Å². The second-order valence-electron chi connectivity index (χ2n) is 3.49. The molecule has 106 valence electrons. The second-order valence-corrected chi connectivity index (χ2v) is 6.74. The normalized spacial score (nSPS) is 11.3. The van der Waals surface area contributed by atoms with Crippen LogP contribution >= 0.6 is 31.9 Å². The van der Waals surface area contributed by atoms with Gasteiger partial charge in [-0.15, -0.1) is 0 Å². The van der Waals surface area contributed by atoms with Crippen molar-refractivity contribution >= 4 is 53.7 Å². The minimum absolute atomic E-state index is 0.00808. The van der Waals surface area contributed by atoms with Gasteiger partial charge >= 0.3 is 5.97 Å². The summed E-state index contributed by atoms with van der Waals surface area (Å²) in [4.78, 5) is 20.6. The summed E-state index contributed by atoms with van der Waals surface area (Å²) in [7, 11) is -3.95. The summed E-state index contributed by atoms with van der Waals surface area (Å²) in [6, 6.07) is 1.00. The molecule has 2 aromatic rings. The van der Waals surface area contributed by atoms with Crippen LogP contribution in [0.2, 0.25) is 0 Å². The topological polar surface area (TPSA) is 125 Å². The molecule has 2 aromatic heterocycles. The predicted molar refractivity (Wildman–Crippen MR) is 76.0 cm³/mol. The highest BCUT2D eigenvalue weighted by Gasteiger charge is 2.20. The highest BCUT2D eigenvalue weighted by Crippen LogP contribution is 2.22. The van der Waals surface area contributed by atoms with E-state index in [1.54, 1.807) is 0 Å². The van der Waals surface area contributed by atoms with Crippen LogP contribution in [0.4, 0.5) is 5.82 Å². The number of rotatable bonds is 4. The standard InChI is InChI=1S/C9H6Br2N4O4S/c10-6-3-13-8(7(11)14-6)15-20(18,19)4-1-5(9(16)17)12-2-4/h1-3,12H,(H,13,15)(H,16,17). The number of nitrogens with zero attached hydrogens (tertiary/aromatic N) is 2. The number of H-pyrrole nitrogens is 1. The van der Waals surface area contributed by atoms with Gasteiger partial charge in [0.05, 0.1) is 6.20 Å². The van der Waals surface area contributed by atoms with Gasteiger partial charge in [0.25, 0.3) is 10.0 Å². The highest BCUT2D eigenvalue weighted by molar-refractivity contribution is 9.11. The fourth-order valence-corrected chi connectivity index (χ4v) is 3.30. The number of aromatic nitrogens is 3. The lowest BCUT2D eigenvalue weighted by atomic mass is 10.4.